The summed E-state index contributed by atoms with van der Waals surface area (Å²) in [5.74, 6) is 1.06. The van der Waals surface area contributed by atoms with Crippen molar-refractivity contribution in [3.63, 3.8) is 0 Å². The Morgan fingerprint density at radius 1 is 1.58 bits per heavy atom. The molecule has 0 amide bonds. The molecule has 0 unspecified atom stereocenters. The summed E-state index contributed by atoms with van der Waals surface area (Å²) in [5.41, 5.74) is 0. The van der Waals surface area contributed by atoms with Crippen LogP contribution in [0.4, 0.5) is 0 Å². The number of nitrogens with zero attached hydrogens (tertiary/aromatic N) is 3. The number of aromatic nitrogens is 2. The van der Waals surface area contributed by atoms with Gasteiger partial charge in [-0.1, -0.05) is 0 Å². The molecule has 0 fully saturated rings. The number of fused-ring (bicyclic) bond motifs is 1. The van der Waals surface area contributed by atoms with Crippen LogP contribution in [0.2, 0.25) is 0 Å². The van der Waals surface area contributed by atoms with Crippen LogP contribution in [-0.2, 0) is 17.9 Å². The van der Waals surface area contributed by atoms with Crippen LogP contribution in [0.3, 0.4) is 0 Å². The van der Waals surface area contributed by atoms with Crippen molar-refractivity contribution >= 4 is 6.29 Å². The topological polar surface area (TPSA) is 38.1 Å². The van der Waals surface area contributed by atoms with Gasteiger partial charge >= 0.3 is 0 Å². The van der Waals surface area contributed by atoms with Crippen molar-refractivity contribution < 1.29 is 4.79 Å². The zero-order valence-corrected chi connectivity index (χ0v) is 6.81. The zero-order chi connectivity index (χ0) is 8.39. The molecular formula is C8H11N3O. The number of imidazole rings is 1. The lowest BCUT2D eigenvalue weighted by Gasteiger charge is -2.25. The SMILES string of the molecule is O=CCN1CCn2ccnc2C1. The highest BCUT2D eigenvalue weighted by Gasteiger charge is 2.14. The highest BCUT2D eigenvalue weighted by atomic mass is 16.1. The second kappa shape index (κ2) is 3.06. The number of aldehydes is 1. The highest BCUT2D eigenvalue weighted by molar-refractivity contribution is 5.51. The summed E-state index contributed by atoms with van der Waals surface area (Å²) in [6, 6.07) is 0. The second-order valence-corrected chi connectivity index (χ2v) is 2.94. The van der Waals surface area contributed by atoms with Crippen molar-refractivity contribution in [2.45, 2.75) is 13.1 Å². The highest BCUT2D eigenvalue weighted by Crippen LogP contribution is 2.08. The fourth-order valence-electron chi connectivity index (χ4n) is 1.48. The summed E-state index contributed by atoms with van der Waals surface area (Å²) >= 11 is 0. The number of carbonyl (C=O) groups is 1. The Morgan fingerprint density at radius 3 is 3.33 bits per heavy atom. The van der Waals surface area contributed by atoms with E-state index < -0.39 is 0 Å². The Bertz CT molecular complexity index is 282. The third-order valence-corrected chi connectivity index (χ3v) is 2.16. The molecule has 0 N–H and O–H groups in total. The van der Waals surface area contributed by atoms with Gasteiger partial charge in [-0.2, -0.15) is 0 Å². The third kappa shape index (κ3) is 1.25. The Balaban J connectivity index is 2.09. The first kappa shape index (κ1) is 7.49. The Kier molecular flexibility index (Phi) is 1.91. The molecule has 0 aliphatic carbocycles. The van der Waals surface area contributed by atoms with Gasteiger partial charge in [0, 0.05) is 25.5 Å². The molecule has 64 valence electrons. The summed E-state index contributed by atoms with van der Waals surface area (Å²) in [4.78, 5) is 16.5. The van der Waals surface area contributed by atoms with Crippen molar-refractivity contribution in [2.24, 2.45) is 0 Å². The molecule has 1 aromatic heterocycles. The van der Waals surface area contributed by atoms with Crippen molar-refractivity contribution in [3.8, 4) is 0 Å². The quantitative estimate of drug-likeness (QED) is 0.574. The third-order valence-electron chi connectivity index (χ3n) is 2.16. The molecule has 4 nitrogen and oxygen atoms in total. The predicted octanol–water partition coefficient (Wildman–Crippen LogP) is -0.102. The van der Waals surface area contributed by atoms with E-state index in [-0.39, 0.29) is 0 Å². The van der Waals surface area contributed by atoms with Crippen LogP contribution in [0.15, 0.2) is 12.4 Å². The average molecular weight is 165 g/mol. The van der Waals surface area contributed by atoms with E-state index in [1.165, 1.54) is 0 Å². The lowest BCUT2D eigenvalue weighted by molar-refractivity contribution is -0.109. The summed E-state index contributed by atoms with van der Waals surface area (Å²) in [6.45, 7) is 3.21. The maximum atomic E-state index is 10.3. The van der Waals surface area contributed by atoms with E-state index in [4.69, 9.17) is 0 Å². The molecule has 2 rings (SSSR count). The van der Waals surface area contributed by atoms with Crippen molar-refractivity contribution in [3.05, 3.63) is 18.2 Å². The van der Waals surface area contributed by atoms with Gasteiger partial charge in [-0.05, 0) is 0 Å². The van der Waals surface area contributed by atoms with Crippen LogP contribution >= 0.6 is 0 Å². The number of hydrogen-bond donors (Lipinski definition) is 0. The summed E-state index contributed by atoms with van der Waals surface area (Å²) in [5, 5.41) is 0. The molecule has 0 atom stereocenters. The molecule has 2 heterocycles. The summed E-state index contributed by atoms with van der Waals surface area (Å²) in [7, 11) is 0. The maximum Gasteiger partial charge on any atom is 0.133 e. The molecule has 0 radical (unpaired) electrons. The van der Waals surface area contributed by atoms with Gasteiger partial charge in [0.2, 0.25) is 0 Å². The van der Waals surface area contributed by atoms with Crippen LogP contribution in [0.1, 0.15) is 5.82 Å². The molecule has 0 saturated carbocycles. The van der Waals surface area contributed by atoms with E-state index in [0.29, 0.717) is 6.54 Å². The molecular weight excluding hydrogens is 154 g/mol. The lowest BCUT2D eigenvalue weighted by atomic mass is 10.3. The smallest absolute Gasteiger partial charge is 0.133 e. The molecule has 1 aromatic rings. The van der Waals surface area contributed by atoms with E-state index in [1.54, 1.807) is 6.20 Å². The standard InChI is InChI=1S/C8H11N3O/c12-6-5-10-3-4-11-2-1-9-8(11)7-10/h1-2,6H,3-5,7H2. The summed E-state index contributed by atoms with van der Waals surface area (Å²) < 4.78 is 2.13. The van der Waals surface area contributed by atoms with Crippen molar-refractivity contribution in [1.82, 2.24) is 14.5 Å². The molecule has 0 bridgehead atoms. The average Bonchev–Trinajstić information content (AvgIpc) is 2.51. The molecule has 0 aromatic carbocycles. The van der Waals surface area contributed by atoms with Crippen LogP contribution in [0.5, 0.6) is 0 Å². The first-order valence-electron chi connectivity index (χ1n) is 4.06. The number of hydrogen-bond acceptors (Lipinski definition) is 3. The van der Waals surface area contributed by atoms with Gasteiger partial charge in [-0.25, -0.2) is 4.98 Å². The van der Waals surface area contributed by atoms with Gasteiger partial charge in [0.1, 0.15) is 12.1 Å². The molecule has 4 heteroatoms. The van der Waals surface area contributed by atoms with Crippen molar-refractivity contribution in [2.75, 3.05) is 13.1 Å². The minimum atomic E-state index is 0.521. The fourth-order valence-corrected chi connectivity index (χ4v) is 1.48. The van der Waals surface area contributed by atoms with Gasteiger partial charge in [-0.3, -0.25) is 4.90 Å². The normalized spacial score (nSPS) is 17.3. The van der Waals surface area contributed by atoms with E-state index in [2.05, 4.69) is 14.5 Å². The molecule has 0 spiro atoms. The second-order valence-electron chi connectivity index (χ2n) is 2.94. The first-order chi connectivity index (χ1) is 5.90. The number of rotatable bonds is 2. The van der Waals surface area contributed by atoms with Gasteiger partial charge in [-0.15, -0.1) is 0 Å². The minimum absolute atomic E-state index is 0.521. The molecule has 0 saturated heterocycles. The Morgan fingerprint density at radius 2 is 2.50 bits per heavy atom. The van der Waals surface area contributed by atoms with Gasteiger partial charge in [0.05, 0.1) is 13.1 Å². The van der Waals surface area contributed by atoms with Gasteiger partial charge in [0.15, 0.2) is 0 Å². The van der Waals surface area contributed by atoms with Crippen LogP contribution in [-0.4, -0.2) is 33.8 Å². The van der Waals surface area contributed by atoms with Crippen LogP contribution in [0.25, 0.3) is 0 Å². The monoisotopic (exact) mass is 165 g/mol. The van der Waals surface area contributed by atoms with E-state index >= 15 is 0 Å². The van der Waals surface area contributed by atoms with Crippen molar-refractivity contribution in [1.29, 1.82) is 0 Å². The molecule has 12 heavy (non-hydrogen) atoms. The molecule has 1 aliphatic heterocycles. The predicted molar refractivity (Wildman–Crippen MR) is 43.6 cm³/mol. The van der Waals surface area contributed by atoms with Gasteiger partial charge in [0.25, 0.3) is 0 Å². The van der Waals surface area contributed by atoms with E-state index in [9.17, 15) is 4.79 Å². The van der Waals surface area contributed by atoms with Gasteiger partial charge < -0.3 is 9.36 Å². The van der Waals surface area contributed by atoms with E-state index in [1.807, 2.05) is 6.20 Å². The Labute approximate surface area is 70.8 Å². The summed E-state index contributed by atoms with van der Waals surface area (Å²) in [6.07, 6.45) is 4.73. The Hall–Kier alpha value is -1.16. The minimum Gasteiger partial charge on any atom is -0.333 e. The largest absolute Gasteiger partial charge is 0.333 e. The maximum absolute atomic E-state index is 10.3. The van der Waals surface area contributed by atoms with E-state index in [0.717, 1.165) is 31.7 Å². The number of carbonyl (C=O) groups excluding carboxylic acids is 1. The first-order valence-corrected chi connectivity index (χ1v) is 4.06. The lowest BCUT2D eigenvalue weighted by Crippen LogP contribution is -2.34. The fraction of sp³-hybridized carbons (Fsp3) is 0.500. The van der Waals surface area contributed by atoms with Crippen LogP contribution < -0.4 is 0 Å². The zero-order valence-electron chi connectivity index (χ0n) is 6.81. The molecule has 1 aliphatic rings. The van der Waals surface area contributed by atoms with Crippen LogP contribution in [0, 0.1) is 0 Å².